The molecule has 0 aliphatic heterocycles. The van der Waals surface area contributed by atoms with Gasteiger partial charge in [-0.15, -0.1) is 11.3 Å². The highest BCUT2D eigenvalue weighted by Gasteiger charge is 2.12. The number of rotatable bonds is 4. The lowest BCUT2D eigenvalue weighted by Crippen LogP contribution is -2.25. The molecular formula is C13H12N6OS. The van der Waals surface area contributed by atoms with Crippen LogP contribution in [0.1, 0.15) is 16.3 Å². The van der Waals surface area contributed by atoms with Crippen LogP contribution < -0.4 is 5.32 Å². The van der Waals surface area contributed by atoms with Crippen LogP contribution in [0.5, 0.6) is 0 Å². The number of aryl methyl sites for hydroxylation is 1. The van der Waals surface area contributed by atoms with Crippen molar-refractivity contribution in [3.63, 3.8) is 0 Å². The maximum atomic E-state index is 11.9. The molecule has 8 heteroatoms. The predicted molar refractivity (Wildman–Crippen MR) is 77.5 cm³/mol. The maximum Gasteiger partial charge on any atom is 0.287 e. The first-order chi connectivity index (χ1) is 10.2. The van der Waals surface area contributed by atoms with Gasteiger partial charge >= 0.3 is 0 Å². The SMILES string of the molecule is Cn1ccnc1C(=O)NCc1csc(-c2ncccn2)n1. The van der Waals surface area contributed by atoms with Crippen molar-refractivity contribution in [3.05, 3.63) is 47.8 Å². The maximum absolute atomic E-state index is 11.9. The van der Waals surface area contributed by atoms with E-state index in [1.165, 1.54) is 11.3 Å². The molecule has 0 aliphatic carbocycles. The summed E-state index contributed by atoms with van der Waals surface area (Å²) in [7, 11) is 1.77. The molecule has 106 valence electrons. The van der Waals surface area contributed by atoms with E-state index in [0.29, 0.717) is 18.2 Å². The second kappa shape index (κ2) is 5.80. The van der Waals surface area contributed by atoms with E-state index in [0.717, 1.165) is 10.7 Å². The van der Waals surface area contributed by atoms with Gasteiger partial charge in [-0.25, -0.2) is 19.9 Å². The van der Waals surface area contributed by atoms with E-state index in [2.05, 4.69) is 25.3 Å². The van der Waals surface area contributed by atoms with E-state index >= 15 is 0 Å². The van der Waals surface area contributed by atoms with Gasteiger partial charge in [0.1, 0.15) is 0 Å². The zero-order chi connectivity index (χ0) is 14.7. The molecule has 0 aliphatic rings. The molecule has 7 nitrogen and oxygen atoms in total. The average Bonchev–Trinajstić information content (AvgIpc) is 3.15. The Labute approximate surface area is 124 Å². The molecular weight excluding hydrogens is 288 g/mol. The fraction of sp³-hybridized carbons (Fsp3) is 0.154. The number of hydrogen-bond acceptors (Lipinski definition) is 6. The van der Waals surface area contributed by atoms with Crippen LogP contribution in [0, 0.1) is 0 Å². The highest BCUT2D eigenvalue weighted by atomic mass is 32.1. The van der Waals surface area contributed by atoms with Gasteiger partial charge in [0.15, 0.2) is 16.7 Å². The molecule has 1 N–H and O–H groups in total. The number of aromatic nitrogens is 5. The molecule has 3 rings (SSSR count). The van der Waals surface area contributed by atoms with Gasteiger partial charge in [0, 0.05) is 37.2 Å². The van der Waals surface area contributed by atoms with E-state index in [9.17, 15) is 4.79 Å². The molecule has 0 fully saturated rings. The number of nitrogens with one attached hydrogen (secondary N) is 1. The standard InChI is InChI=1S/C13H12N6OS/c1-19-6-5-16-11(19)12(20)17-7-9-8-21-13(18-9)10-14-3-2-4-15-10/h2-6,8H,7H2,1H3,(H,17,20). The van der Waals surface area contributed by atoms with Crippen LogP contribution in [0.2, 0.25) is 0 Å². The fourth-order valence-electron chi connectivity index (χ4n) is 1.73. The number of thiazole rings is 1. The fourth-order valence-corrected chi connectivity index (χ4v) is 2.50. The summed E-state index contributed by atoms with van der Waals surface area (Å²) in [5.74, 6) is 0.731. The number of carbonyl (C=O) groups is 1. The molecule has 0 saturated heterocycles. The number of hydrogen-bond donors (Lipinski definition) is 1. The van der Waals surface area contributed by atoms with Crippen LogP contribution in [-0.2, 0) is 13.6 Å². The molecule has 1 amide bonds. The lowest BCUT2D eigenvalue weighted by molar-refractivity contribution is 0.0937. The summed E-state index contributed by atoms with van der Waals surface area (Å²) in [6.07, 6.45) is 6.66. The second-order valence-corrected chi connectivity index (χ2v) is 5.12. The van der Waals surface area contributed by atoms with Crippen molar-refractivity contribution in [1.29, 1.82) is 0 Å². The van der Waals surface area contributed by atoms with Gasteiger partial charge in [0.2, 0.25) is 0 Å². The summed E-state index contributed by atoms with van der Waals surface area (Å²) in [5, 5.41) is 5.40. The Morgan fingerprint density at radius 1 is 1.29 bits per heavy atom. The van der Waals surface area contributed by atoms with E-state index in [1.807, 2.05) is 5.38 Å². The van der Waals surface area contributed by atoms with E-state index in [1.54, 1.807) is 42.5 Å². The van der Waals surface area contributed by atoms with E-state index in [4.69, 9.17) is 0 Å². The Morgan fingerprint density at radius 3 is 2.81 bits per heavy atom. The van der Waals surface area contributed by atoms with Crippen LogP contribution >= 0.6 is 11.3 Å². The van der Waals surface area contributed by atoms with E-state index in [-0.39, 0.29) is 5.91 Å². The Morgan fingerprint density at radius 2 is 2.10 bits per heavy atom. The summed E-state index contributed by atoms with van der Waals surface area (Å²) in [6, 6.07) is 1.76. The summed E-state index contributed by atoms with van der Waals surface area (Å²) < 4.78 is 1.67. The van der Waals surface area contributed by atoms with Crippen molar-refractivity contribution in [2.75, 3.05) is 0 Å². The third-order valence-electron chi connectivity index (χ3n) is 2.76. The summed E-state index contributed by atoms with van der Waals surface area (Å²) in [4.78, 5) is 28.6. The van der Waals surface area contributed by atoms with Crippen molar-refractivity contribution in [3.8, 4) is 10.8 Å². The van der Waals surface area contributed by atoms with Crippen LogP contribution in [0.4, 0.5) is 0 Å². The monoisotopic (exact) mass is 300 g/mol. The third-order valence-corrected chi connectivity index (χ3v) is 3.65. The molecule has 3 heterocycles. The quantitative estimate of drug-likeness (QED) is 0.784. The molecule has 0 saturated carbocycles. The topological polar surface area (TPSA) is 85.6 Å². The normalized spacial score (nSPS) is 10.5. The van der Waals surface area contributed by atoms with Gasteiger partial charge < -0.3 is 9.88 Å². The lowest BCUT2D eigenvalue weighted by atomic mass is 10.4. The van der Waals surface area contributed by atoms with Crippen molar-refractivity contribution in [1.82, 2.24) is 29.8 Å². The molecule has 21 heavy (non-hydrogen) atoms. The number of imidazole rings is 1. The van der Waals surface area contributed by atoms with Crippen molar-refractivity contribution >= 4 is 17.2 Å². The first-order valence-corrected chi connectivity index (χ1v) is 7.09. The number of amides is 1. The van der Waals surface area contributed by atoms with Crippen LogP contribution in [0.3, 0.4) is 0 Å². The molecule has 3 aromatic heterocycles. The van der Waals surface area contributed by atoms with Gasteiger partial charge in [-0.05, 0) is 6.07 Å². The molecule has 0 atom stereocenters. The zero-order valence-corrected chi connectivity index (χ0v) is 12.0. The minimum Gasteiger partial charge on any atom is -0.344 e. The Bertz CT molecular complexity index is 751. The van der Waals surface area contributed by atoms with Crippen molar-refractivity contribution < 1.29 is 4.79 Å². The Kier molecular flexibility index (Phi) is 3.69. The smallest absolute Gasteiger partial charge is 0.287 e. The van der Waals surface area contributed by atoms with Crippen LogP contribution in [0.25, 0.3) is 10.8 Å². The van der Waals surface area contributed by atoms with Crippen LogP contribution in [-0.4, -0.2) is 30.4 Å². The highest BCUT2D eigenvalue weighted by molar-refractivity contribution is 7.13. The second-order valence-electron chi connectivity index (χ2n) is 4.26. The molecule has 0 unspecified atom stereocenters. The molecule has 3 aromatic rings. The van der Waals surface area contributed by atoms with Crippen molar-refractivity contribution in [2.45, 2.75) is 6.54 Å². The van der Waals surface area contributed by atoms with Gasteiger partial charge in [-0.3, -0.25) is 4.79 Å². The minimum atomic E-state index is -0.229. The number of carbonyl (C=O) groups excluding carboxylic acids is 1. The Balaban J connectivity index is 1.66. The lowest BCUT2D eigenvalue weighted by Gasteiger charge is -2.02. The van der Waals surface area contributed by atoms with Gasteiger partial charge in [0.25, 0.3) is 5.91 Å². The third kappa shape index (κ3) is 2.95. The first kappa shape index (κ1) is 13.4. The van der Waals surface area contributed by atoms with Gasteiger partial charge in [0.05, 0.1) is 12.2 Å². The summed E-state index contributed by atoms with van der Waals surface area (Å²) >= 11 is 1.45. The van der Waals surface area contributed by atoms with Gasteiger partial charge in [-0.1, -0.05) is 0 Å². The summed E-state index contributed by atoms with van der Waals surface area (Å²) in [6.45, 7) is 0.342. The molecule has 0 radical (unpaired) electrons. The van der Waals surface area contributed by atoms with Crippen LogP contribution in [0.15, 0.2) is 36.2 Å². The van der Waals surface area contributed by atoms with Crippen molar-refractivity contribution in [2.24, 2.45) is 7.05 Å². The Hall–Kier alpha value is -2.61. The largest absolute Gasteiger partial charge is 0.344 e. The molecule has 0 bridgehead atoms. The minimum absolute atomic E-state index is 0.229. The van der Waals surface area contributed by atoms with Gasteiger partial charge in [-0.2, -0.15) is 0 Å². The van der Waals surface area contributed by atoms with E-state index < -0.39 is 0 Å². The molecule has 0 aromatic carbocycles. The number of nitrogens with zero attached hydrogens (tertiary/aromatic N) is 5. The molecule has 0 spiro atoms. The first-order valence-electron chi connectivity index (χ1n) is 6.21. The average molecular weight is 300 g/mol. The predicted octanol–water partition coefficient (Wildman–Crippen LogP) is 1.26. The highest BCUT2D eigenvalue weighted by Crippen LogP contribution is 2.19. The zero-order valence-electron chi connectivity index (χ0n) is 11.2. The summed E-state index contributed by atoms with van der Waals surface area (Å²) in [5.41, 5.74) is 0.769.